The molecule has 0 spiro atoms. The molecule has 2 aromatic carbocycles. The molecule has 2 rings (SSSR count). The van der Waals surface area contributed by atoms with Gasteiger partial charge in [0.1, 0.15) is 11.5 Å². The summed E-state index contributed by atoms with van der Waals surface area (Å²) >= 11 is 0. The molecule has 2 aromatic rings. The summed E-state index contributed by atoms with van der Waals surface area (Å²) in [6.07, 6.45) is 12.8. The molecule has 0 aromatic heterocycles. The lowest BCUT2D eigenvalue weighted by Crippen LogP contribution is -1.89. The van der Waals surface area contributed by atoms with E-state index in [1.54, 1.807) is 0 Å². The molecule has 1 heteroatoms. The highest BCUT2D eigenvalue weighted by molar-refractivity contribution is 5.36. The van der Waals surface area contributed by atoms with E-state index < -0.39 is 0 Å². The number of benzene rings is 2. The van der Waals surface area contributed by atoms with Gasteiger partial charge in [0.2, 0.25) is 0 Å². The van der Waals surface area contributed by atoms with Crippen molar-refractivity contribution >= 4 is 0 Å². The first-order chi connectivity index (χ1) is 11.3. The van der Waals surface area contributed by atoms with Crippen LogP contribution in [0.4, 0.5) is 0 Å². The van der Waals surface area contributed by atoms with Crippen LogP contribution in [-0.4, -0.2) is 0 Å². The lowest BCUT2D eigenvalue weighted by Gasteiger charge is -2.09. The molecule has 0 saturated heterocycles. The molecule has 0 amide bonds. The number of rotatable bonds is 8. The highest BCUT2D eigenvalue weighted by Gasteiger charge is 2.01. The SMILES string of the molecule is C/C=C/CCc1cccc(Oc2cccc(CC/C=C/C)c2)c1. The van der Waals surface area contributed by atoms with E-state index in [9.17, 15) is 0 Å². The summed E-state index contributed by atoms with van der Waals surface area (Å²) in [7, 11) is 0. The fourth-order valence-corrected chi connectivity index (χ4v) is 2.50. The van der Waals surface area contributed by atoms with Crippen LogP contribution in [0.15, 0.2) is 72.8 Å². The third-order valence-corrected chi connectivity index (χ3v) is 3.70. The molecule has 0 aliphatic carbocycles. The van der Waals surface area contributed by atoms with Gasteiger partial charge in [0.05, 0.1) is 0 Å². The summed E-state index contributed by atoms with van der Waals surface area (Å²) in [6, 6.07) is 16.8. The van der Waals surface area contributed by atoms with Crippen LogP contribution in [0.2, 0.25) is 0 Å². The van der Waals surface area contributed by atoms with Gasteiger partial charge < -0.3 is 4.74 Å². The Hall–Kier alpha value is -2.28. The molecule has 0 unspecified atom stereocenters. The summed E-state index contributed by atoms with van der Waals surface area (Å²) in [4.78, 5) is 0. The van der Waals surface area contributed by atoms with Crippen molar-refractivity contribution in [2.24, 2.45) is 0 Å². The summed E-state index contributed by atoms with van der Waals surface area (Å²) < 4.78 is 6.04. The minimum absolute atomic E-state index is 0.911. The molecule has 120 valence electrons. The van der Waals surface area contributed by atoms with Gasteiger partial charge in [0.15, 0.2) is 0 Å². The van der Waals surface area contributed by atoms with Gasteiger partial charge in [0.25, 0.3) is 0 Å². The van der Waals surface area contributed by atoms with Crippen LogP contribution >= 0.6 is 0 Å². The van der Waals surface area contributed by atoms with E-state index in [0.717, 1.165) is 37.2 Å². The first kappa shape index (κ1) is 17.1. The number of aryl methyl sites for hydroxylation is 2. The summed E-state index contributed by atoms with van der Waals surface area (Å²) in [5.41, 5.74) is 2.62. The molecule has 0 fully saturated rings. The predicted octanol–water partition coefficient (Wildman–Crippen LogP) is 6.50. The van der Waals surface area contributed by atoms with Gasteiger partial charge in [-0.15, -0.1) is 0 Å². The van der Waals surface area contributed by atoms with E-state index >= 15 is 0 Å². The van der Waals surface area contributed by atoms with Gasteiger partial charge in [-0.05, 0) is 74.9 Å². The molecule has 0 radical (unpaired) electrons. The van der Waals surface area contributed by atoms with E-state index in [1.165, 1.54) is 11.1 Å². The van der Waals surface area contributed by atoms with Crippen molar-refractivity contribution in [3.8, 4) is 11.5 Å². The van der Waals surface area contributed by atoms with Crippen molar-refractivity contribution in [2.75, 3.05) is 0 Å². The van der Waals surface area contributed by atoms with Crippen LogP contribution in [0.25, 0.3) is 0 Å². The van der Waals surface area contributed by atoms with Crippen LogP contribution < -0.4 is 4.74 Å². The molecule has 1 nitrogen and oxygen atoms in total. The molecule has 0 bridgehead atoms. The molecule has 23 heavy (non-hydrogen) atoms. The van der Waals surface area contributed by atoms with Crippen LogP contribution in [0.3, 0.4) is 0 Å². The molecule has 0 aliphatic heterocycles. The van der Waals surface area contributed by atoms with E-state index in [-0.39, 0.29) is 0 Å². The van der Waals surface area contributed by atoms with Crippen molar-refractivity contribution in [3.05, 3.63) is 84.0 Å². The van der Waals surface area contributed by atoms with Crippen LogP contribution in [0, 0.1) is 0 Å². The van der Waals surface area contributed by atoms with E-state index in [0.29, 0.717) is 0 Å². The molecule has 0 heterocycles. The Morgan fingerprint density at radius 3 is 1.65 bits per heavy atom. The smallest absolute Gasteiger partial charge is 0.127 e. The second kappa shape index (κ2) is 9.68. The van der Waals surface area contributed by atoms with Gasteiger partial charge in [-0.25, -0.2) is 0 Å². The van der Waals surface area contributed by atoms with E-state index in [2.05, 4.69) is 74.5 Å². The van der Waals surface area contributed by atoms with Crippen LogP contribution in [0.1, 0.15) is 37.8 Å². The lowest BCUT2D eigenvalue weighted by molar-refractivity contribution is 0.481. The summed E-state index contributed by atoms with van der Waals surface area (Å²) in [5, 5.41) is 0. The van der Waals surface area contributed by atoms with Crippen LogP contribution in [-0.2, 0) is 12.8 Å². The number of ether oxygens (including phenoxy) is 1. The minimum atomic E-state index is 0.911. The zero-order valence-corrected chi connectivity index (χ0v) is 14.2. The first-order valence-corrected chi connectivity index (χ1v) is 8.40. The highest BCUT2D eigenvalue weighted by Crippen LogP contribution is 2.24. The topological polar surface area (TPSA) is 9.23 Å². The van der Waals surface area contributed by atoms with Gasteiger partial charge in [-0.3, -0.25) is 0 Å². The largest absolute Gasteiger partial charge is 0.457 e. The molecule has 0 aliphatic rings. The van der Waals surface area contributed by atoms with Gasteiger partial charge in [0, 0.05) is 0 Å². The fraction of sp³-hybridized carbons (Fsp3) is 0.273. The van der Waals surface area contributed by atoms with Crippen molar-refractivity contribution < 1.29 is 4.74 Å². The second-order valence-corrected chi connectivity index (χ2v) is 5.61. The van der Waals surface area contributed by atoms with Gasteiger partial charge >= 0.3 is 0 Å². The Morgan fingerprint density at radius 2 is 1.22 bits per heavy atom. The normalized spacial score (nSPS) is 11.4. The second-order valence-electron chi connectivity index (χ2n) is 5.61. The average molecular weight is 306 g/mol. The maximum Gasteiger partial charge on any atom is 0.127 e. The van der Waals surface area contributed by atoms with Gasteiger partial charge in [-0.1, -0.05) is 48.6 Å². The molecule has 0 N–H and O–H groups in total. The van der Waals surface area contributed by atoms with Gasteiger partial charge in [-0.2, -0.15) is 0 Å². The highest BCUT2D eigenvalue weighted by atomic mass is 16.5. The monoisotopic (exact) mass is 306 g/mol. The Bertz CT molecular complexity index is 595. The van der Waals surface area contributed by atoms with Crippen LogP contribution in [0.5, 0.6) is 11.5 Å². The standard InChI is InChI=1S/C22H26O/c1-3-5-7-11-19-13-9-15-21(17-19)23-22-16-10-14-20(18-22)12-8-6-4-2/h3-6,9-10,13-18H,7-8,11-12H2,1-2H3/b5-3+,6-4+. The Balaban J connectivity index is 2.01. The quantitative estimate of drug-likeness (QED) is 0.506. The molecule has 0 saturated carbocycles. The summed E-state index contributed by atoms with van der Waals surface area (Å²) in [5.74, 6) is 1.82. The minimum Gasteiger partial charge on any atom is -0.457 e. The van der Waals surface area contributed by atoms with Crippen molar-refractivity contribution in [2.45, 2.75) is 39.5 Å². The number of hydrogen-bond acceptors (Lipinski definition) is 1. The maximum absolute atomic E-state index is 6.04. The Labute approximate surface area is 140 Å². The van der Waals surface area contributed by atoms with E-state index in [1.807, 2.05) is 12.1 Å². The van der Waals surface area contributed by atoms with E-state index in [4.69, 9.17) is 4.74 Å². The Kier molecular flexibility index (Phi) is 7.19. The van der Waals surface area contributed by atoms with Crippen molar-refractivity contribution in [3.63, 3.8) is 0 Å². The van der Waals surface area contributed by atoms with Crippen molar-refractivity contribution in [1.29, 1.82) is 0 Å². The zero-order chi connectivity index (χ0) is 16.3. The first-order valence-electron chi connectivity index (χ1n) is 8.40. The maximum atomic E-state index is 6.04. The predicted molar refractivity (Wildman–Crippen MR) is 99.2 cm³/mol. The molecular weight excluding hydrogens is 280 g/mol. The third kappa shape index (κ3) is 6.15. The summed E-state index contributed by atoms with van der Waals surface area (Å²) in [6.45, 7) is 4.12. The molecular formula is C22H26O. The zero-order valence-electron chi connectivity index (χ0n) is 14.2. The average Bonchev–Trinajstić information content (AvgIpc) is 2.56. The Morgan fingerprint density at radius 1 is 0.739 bits per heavy atom. The number of hydrogen-bond donors (Lipinski definition) is 0. The lowest BCUT2D eigenvalue weighted by atomic mass is 10.1. The number of allylic oxidation sites excluding steroid dienone is 4. The fourth-order valence-electron chi connectivity index (χ4n) is 2.50. The molecule has 0 atom stereocenters. The third-order valence-electron chi connectivity index (χ3n) is 3.70. The van der Waals surface area contributed by atoms with Crippen molar-refractivity contribution in [1.82, 2.24) is 0 Å².